The van der Waals surface area contributed by atoms with Crippen molar-refractivity contribution >= 4 is 23.0 Å². The maximum Gasteiger partial charge on any atom is 0.274 e. The molecule has 0 unspecified atom stereocenters. The van der Waals surface area contributed by atoms with Crippen molar-refractivity contribution in [2.24, 2.45) is 0 Å². The Morgan fingerprint density at radius 3 is 2.57 bits per heavy atom. The molecular weight excluding hydrogens is 272 g/mol. The van der Waals surface area contributed by atoms with Crippen molar-refractivity contribution in [3.05, 3.63) is 57.9 Å². The molecule has 0 atom stereocenters. The Labute approximate surface area is 121 Å². The van der Waals surface area contributed by atoms with Gasteiger partial charge in [-0.1, -0.05) is 0 Å². The molecule has 1 aromatic carbocycles. The Kier molecular flexibility index (Phi) is 4.13. The zero-order valence-electron chi connectivity index (χ0n) is 11.6. The molecular formula is C14H14N4O3. The van der Waals surface area contributed by atoms with E-state index in [0.717, 1.165) is 5.69 Å². The second kappa shape index (κ2) is 6.00. The molecule has 0 saturated carbocycles. The van der Waals surface area contributed by atoms with Crippen LogP contribution < -0.4 is 10.6 Å². The number of pyridine rings is 1. The first kappa shape index (κ1) is 14.4. The van der Waals surface area contributed by atoms with Crippen LogP contribution in [0.4, 0.5) is 17.1 Å². The van der Waals surface area contributed by atoms with Crippen LogP contribution in [0.15, 0.2) is 36.5 Å². The number of nitro benzene ring substituents is 1. The summed E-state index contributed by atoms with van der Waals surface area (Å²) in [5.74, 6) is -0.366. The number of anilines is 2. The second-order valence-electron chi connectivity index (χ2n) is 4.39. The maximum absolute atomic E-state index is 12.1. The highest BCUT2D eigenvalue weighted by Gasteiger charge is 2.12. The molecule has 2 rings (SSSR count). The van der Waals surface area contributed by atoms with E-state index in [1.54, 1.807) is 32.3 Å². The standard InChI is InChI=1S/C14H14N4O3/c1-9-7-11(18(20)21)4-6-12(9)17-14(19)13-5-3-10(15-2)8-16-13/h3-8,15H,1-2H3,(H,17,19). The summed E-state index contributed by atoms with van der Waals surface area (Å²) in [4.78, 5) is 26.3. The number of hydrogen-bond donors (Lipinski definition) is 2. The number of aryl methyl sites for hydroxylation is 1. The highest BCUT2D eigenvalue weighted by atomic mass is 16.6. The lowest BCUT2D eigenvalue weighted by molar-refractivity contribution is -0.384. The van der Waals surface area contributed by atoms with E-state index in [4.69, 9.17) is 0 Å². The molecule has 1 heterocycles. The minimum absolute atomic E-state index is 0.0120. The van der Waals surface area contributed by atoms with Gasteiger partial charge in [0.25, 0.3) is 11.6 Å². The van der Waals surface area contributed by atoms with E-state index in [2.05, 4.69) is 15.6 Å². The highest BCUT2D eigenvalue weighted by molar-refractivity contribution is 6.03. The van der Waals surface area contributed by atoms with Gasteiger partial charge in [0.2, 0.25) is 0 Å². The molecule has 1 aromatic heterocycles. The molecule has 0 fully saturated rings. The zero-order chi connectivity index (χ0) is 15.4. The molecule has 108 valence electrons. The predicted octanol–water partition coefficient (Wildman–Crippen LogP) is 2.59. The summed E-state index contributed by atoms with van der Waals surface area (Å²) < 4.78 is 0. The first-order valence-electron chi connectivity index (χ1n) is 6.21. The Morgan fingerprint density at radius 1 is 1.29 bits per heavy atom. The topological polar surface area (TPSA) is 97.2 Å². The van der Waals surface area contributed by atoms with Gasteiger partial charge in [-0.05, 0) is 30.7 Å². The number of rotatable bonds is 4. The minimum atomic E-state index is -0.476. The third-order valence-corrected chi connectivity index (χ3v) is 2.95. The largest absolute Gasteiger partial charge is 0.387 e. The molecule has 2 aromatic rings. The van der Waals surface area contributed by atoms with Gasteiger partial charge in [0.15, 0.2) is 0 Å². The molecule has 0 aliphatic carbocycles. The van der Waals surface area contributed by atoms with Crippen LogP contribution in [0.3, 0.4) is 0 Å². The van der Waals surface area contributed by atoms with Crippen LogP contribution in [0.25, 0.3) is 0 Å². The zero-order valence-corrected chi connectivity index (χ0v) is 11.6. The second-order valence-corrected chi connectivity index (χ2v) is 4.39. The van der Waals surface area contributed by atoms with Crippen LogP contribution in [0.1, 0.15) is 16.1 Å². The number of non-ortho nitro benzene ring substituents is 1. The van der Waals surface area contributed by atoms with E-state index in [-0.39, 0.29) is 17.3 Å². The van der Waals surface area contributed by atoms with Crippen LogP contribution in [-0.2, 0) is 0 Å². The van der Waals surface area contributed by atoms with Gasteiger partial charge in [-0.25, -0.2) is 4.98 Å². The number of nitrogens with zero attached hydrogens (tertiary/aromatic N) is 2. The van der Waals surface area contributed by atoms with Crippen molar-refractivity contribution in [2.75, 3.05) is 17.7 Å². The molecule has 7 nitrogen and oxygen atoms in total. The Bertz CT molecular complexity index is 683. The molecule has 0 radical (unpaired) electrons. The molecule has 0 saturated heterocycles. The van der Waals surface area contributed by atoms with Crippen LogP contribution in [0.5, 0.6) is 0 Å². The maximum atomic E-state index is 12.1. The fourth-order valence-corrected chi connectivity index (χ4v) is 1.76. The van der Waals surface area contributed by atoms with E-state index in [0.29, 0.717) is 11.3 Å². The quantitative estimate of drug-likeness (QED) is 0.665. The van der Waals surface area contributed by atoms with Gasteiger partial charge in [-0.15, -0.1) is 0 Å². The number of nitro groups is 1. The Balaban J connectivity index is 2.17. The lowest BCUT2D eigenvalue weighted by Crippen LogP contribution is -2.14. The van der Waals surface area contributed by atoms with Crippen molar-refractivity contribution in [2.45, 2.75) is 6.92 Å². The van der Waals surface area contributed by atoms with Crippen molar-refractivity contribution in [3.63, 3.8) is 0 Å². The first-order chi connectivity index (χ1) is 10.0. The third kappa shape index (κ3) is 3.33. The summed E-state index contributed by atoms with van der Waals surface area (Å²) in [6.45, 7) is 1.69. The average Bonchev–Trinajstić information content (AvgIpc) is 2.49. The monoisotopic (exact) mass is 286 g/mol. The number of carbonyl (C=O) groups is 1. The van der Waals surface area contributed by atoms with E-state index in [1.165, 1.54) is 18.2 Å². The van der Waals surface area contributed by atoms with E-state index in [1.807, 2.05) is 0 Å². The summed E-state index contributed by atoms with van der Waals surface area (Å²) in [6.07, 6.45) is 1.55. The molecule has 21 heavy (non-hydrogen) atoms. The Morgan fingerprint density at radius 2 is 2.05 bits per heavy atom. The highest BCUT2D eigenvalue weighted by Crippen LogP contribution is 2.21. The number of amides is 1. The summed E-state index contributed by atoms with van der Waals surface area (Å²) in [5, 5.41) is 16.3. The van der Waals surface area contributed by atoms with Crippen LogP contribution >= 0.6 is 0 Å². The lowest BCUT2D eigenvalue weighted by Gasteiger charge is -2.08. The van der Waals surface area contributed by atoms with Gasteiger partial charge < -0.3 is 10.6 Å². The van der Waals surface area contributed by atoms with Gasteiger partial charge in [0.05, 0.1) is 16.8 Å². The third-order valence-electron chi connectivity index (χ3n) is 2.95. The van der Waals surface area contributed by atoms with Gasteiger partial charge in [0.1, 0.15) is 5.69 Å². The van der Waals surface area contributed by atoms with Gasteiger partial charge in [-0.2, -0.15) is 0 Å². The fourth-order valence-electron chi connectivity index (χ4n) is 1.76. The van der Waals surface area contributed by atoms with Crippen molar-refractivity contribution < 1.29 is 9.72 Å². The van der Waals surface area contributed by atoms with E-state index in [9.17, 15) is 14.9 Å². The summed E-state index contributed by atoms with van der Waals surface area (Å²) in [5.41, 5.74) is 2.20. The number of hydrogen-bond acceptors (Lipinski definition) is 5. The van der Waals surface area contributed by atoms with E-state index < -0.39 is 4.92 Å². The number of benzene rings is 1. The molecule has 0 aliphatic heterocycles. The minimum Gasteiger partial charge on any atom is -0.387 e. The number of carbonyl (C=O) groups excluding carboxylic acids is 1. The molecule has 2 N–H and O–H groups in total. The number of nitrogens with one attached hydrogen (secondary N) is 2. The Hall–Kier alpha value is -2.96. The smallest absolute Gasteiger partial charge is 0.274 e. The molecule has 0 aliphatic rings. The molecule has 0 spiro atoms. The molecule has 7 heteroatoms. The molecule has 0 bridgehead atoms. The average molecular weight is 286 g/mol. The SMILES string of the molecule is CNc1ccc(C(=O)Nc2ccc([N+](=O)[O-])cc2C)nc1. The molecule has 1 amide bonds. The van der Waals surface area contributed by atoms with Crippen molar-refractivity contribution in [1.82, 2.24) is 4.98 Å². The normalized spacial score (nSPS) is 10.0. The van der Waals surface area contributed by atoms with Crippen molar-refractivity contribution in [3.8, 4) is 0 Å². The predicted molar refractivity (Wildman–Crippen MR) is 79.6 cm³/mol. The summed E-state index contributed by atoms with van der Waals surface area (Å²) in [7, 11) is 1.76. The number of aromatic nitrogens is 1. The van der Waals surface area contributed by atoms with Gasteiger partial charge >= 0.3 is 0 Å². The van der Waals surface area contributed by atoms with Gasteiger partial charge in [-0.3, -0.25) is 14.9 Å². The summed E-state index contributed by atoms with van der Waals surface area (Å²) in [6, 6.07) is 7.60. The summed E-state index contributed by atoms with van der Waals surface area (Å²) >= 11 is 0. The fraction of sp³-hybridized carbons (Fsp3) is 0.143. The van der Waals surface area contributed by atoms with Gasteiger partial charge in [0, 0.05) is 24.9 Å². The van der Waals surface area contributed by atoms with E-state index >= 15 is 0 Å². The van der Waals surface area contributed by atoms with Crippen molar-refractivity contribution in [1.29, 1.82) is 0 Å². The van der Waals surface area contributed by atoms with Crippen LogP contribution in [0, 0.1) is 17.0 Å². The first-order valence-corrected chi connectivity index (χ1v) is 6.21. The lowest BCUT2D eigenvalue weighted by atomic mass is 10.1. The van der Waals surface area contributed by atoms with Crippen LogP contribution in [-0.4, -0.2) is 22.9 Å². The van der Waals surface area contributed by atoms with Crippen LogP contribution in [0.2, 0.25) is 0 Å².